The maximum atomic E-state index is 15.2. The quantitative estimate of drug-likeness (QED) is 0.0302. The number of epoxide rings is 1. The summed E-state index contributed by atoms with van der Waals surface area (Å²) in [6.45, 7) is 29.1. The number of nitrogens with zero attached hydrogens (tertiary/aromatic N) is 5. The minimum absolute atomic E-state index is 0.0453. The normalized spacial score (nSPS) is 33.2. The predicted molar refractivity (Wildman–Crippen MR) is 452 cm³/mol. The van der Waals surface area contributed by atoms with Crippen molar-refractivity contribution < 1.29 is 105 Å². The van der Waals surface area contributed by atoms with Gasteiger partial charge in [-0.2, -0.15) is 0 Å². The van der Waals surface area contributed by atoms with Crippen molar-refractivity contribution in [1.82, 2.24) is 45.9 Å². The largest absolute Gasteiger partial charge is 0.504 e. The first-order valence-corrected chi connectivity index (χ1v) is 43.4. The van der Waals surface area contributed by atoms with Crippen LogP contribution in [0.25, 0.3) is 22.6 Å². The van der Waals surface area contributed by atoms with Crippen molar-refractivity contribution in [2.75, 3.05) is 47.0 Å². The number of ketones is 4. The van der Waals surface area contributed by atoms with Gasteiger partial charge < -0.3 is 79.5 Å². The van der Waals surface area contributed by atoms with Crippen LogP contribution in [0.5, 0.6) is 0 Å². The van der Waals surface area contributed by atoms with Crippen molar-refractivity contribution >= 4 is 105 Å². The Morgan fingerprint density at radius 2 is 1.17 bits per heavy atom. The third-order valence-electron chi connectivity index (χ3n) is 28.7. The molecular formula is C92H120N10O23. The highest BCUT2D eigenvalue weighted by molar-refractivity contribution is 6.11. The van der Waals surface area contributed by atoms with E-state index in [2.05, 4.69) is 28.2 Å². The maximum Gasteiger partial charge on any atom is 0.329 e. The number of cyclic esters (lactones) is 2. The average Bonchev–Trinajstić information content (AvgIpc) is 1.45. The minimum Gasteiger partial charge on any atom is -0.504 e. The molecule has 20 atom stereocenters. The van der Waals surface area contributed by atoms with Gasteiger partial charge in [-0.05, 0) is 151 Å². The first-order valence-electron chi connectivity index (χ1n) is 43.4. The number of hydrogen-bond acceptors (Lipinski definition) is 25. The van der Waals surface area contributed by atoms with E-state index in [1.165, 1.54) is 77.8 Å². The van der Waals surface area contributed by atoms with Crippen LogP contribution in [0.3, 0.4) is 0 Å². The number of aliphatic hydroxyl groups excluding tert-OH is 1. The molecule has 33 heteroatoms. The number of Topliss-reactive ketones (excluding diaryl/α,β-unsaturated/α-hetero) is 3. The molecule has 20 unspecified atom stereocenters. The number of benzene rings is 2. The molecule has 4 saturated carbocycles. The molecule has 4 aliphatic heterocycles. The van der Waals surface area contributed by atoms with Crippen molar-refractivity contribution in [2.45, 2.75) is 248 Å². The average molecular weight is 1730 g/mol. The summed E-state index contributed by atoms with van der Waals surface area (Å²) >= 11 is 0. The standard InChI is InChI=1S/C64H88N10O16.C28H32O7/c1-27(2)44-53(78)35-19-17-21-37(35)61(84)71(13)25-40(75)73(15)50(29(5)6)63(86)88-33(11)46(59(82)67-44)69-57(80)39-24-23-31(9)55-48(39)66-49-42(43(65)52(77)32(10)56(49)90-55)58(81)70-47-34(12)89-64(87)51(30(7)8)74(16)41(76)26-72(14)62(85)38-22-18-20-36(38)54(79)45(28(3)4)68-60(47)83;1-14(29)34-17-12-26(5)16(15-8-10-33-13-15)11-19-28(26,35-19)27(6)21(17)25(4)9-7-18(30)24(2,3)22(25)20(31)23(27)32/h23-24,27-30,33-38,44-47,50-51H,17-22,25-26,65H2,1-16H3,(H,67,82)(H,68,83)(H,69,80)(H,70,81);7-10,13,16-17,19,21,31H,11-12H2,1-6H3. The molecule has 1 spiro atoms. The number of hydrogen-bond donors (Lipinski definition) is 6. The summed E-state index contributed by atoms with van der Waals surface area (Å²) < 4.78 is 36.3. The van der Waals surface area contributed by atoms with Crippen LogP contribution in [-0.4, -0.2) is 226 Å². The molecule has 7 N–H and O–H groups in total. The van der Waals surface area contributed by atoms with E-state index < -0.39 is 247 Å². The smallest absolute Gasteiger partial charge is 0.329 e. The summed E-state index contributed by atoms with van der Waals surface area (Å²) in [6, 6.07) is -3.77. The fraction of sp³-hybridized carbons (Fsp3) is 0.620. The Morgan fingerprint density at radius 3 is 1.64 bits per heavy atom. The van der Waals surface area contributed by atoms with E-state index in [-0.39, 0.29) is 57.2 Å². The Balaban J connectivity index is 0.000000333. The maximum absolute atomic E-state index is 15.2. The highest BCUT2D eigenvalue weighted by atomic mass is 16.6. The van der Waals surface area contributed by atoms with Gasteiger partial charge in [0.25, 0.3) is 11.8 Å². The SMILES string of the molecule is CC(=O)OC1CC2(C)C(c3ccoc3)CC3OC32C2(C)C(=O)C(O)=C3C(C)(C)C(=O)C=CC3(C)C12.Cc1c2oc3c(C)ccc(C(=O)NC4C(=O)NC(C(C)C)C(=O)C5CCCC5C(=O)N(C)CC(=O)N(C)C(C(C)C)C(=O)OC4C)c3nc-2c(C(=O)NC2C(=O)NC(C(C)C)C(=O)C3CCCC3C(=O)N(C)CC(=O)N(C)C(C(C)C)C(=O)OC2C)c(N)c1=O. The second kappa shape index (κ2) is 34.4. The minimum atomic E-state index is -1.86. The number of amides is 8. The number of likely N-dealkylation sites (N-methyl/N-ethyl adjacent to an activating group) is 4. The number of aryl methyl sites for hydroxylation is 1. The van der Waals surface area contributed by atoms with Gasteiger partial charge in [-0.15, -0.1) is 0 Å². The summed E-state index contributed by atoms with van der Waals surface area (Å²) in [7, 11) is 5.66. The molecule has 7 aliphatic carbocycles. The van der Waals surface area contributed by atoms with Crippen LogP contribution in [0, 0.1) is 88.8 Å². The Kier molecular flexibility index (Phi) is 25.6. The summed E-state index contributed by atoms with van der Waals surface area (Å²) in [4.78, 5) is 237. The molecule has 3 saturated heterocycles. The van der Waals surface area contributed by atoms with Gasteiger partial charge >= 0.3 is 17.9 Å². The molecular weight excluding hydrogens is 1610 g/mol. The molecule has 8 amide bonds. The number of rotatable bonds is 10. The van der Waals surface area contributed by atoms with Crippen LogP contribution < -0.4 is 32.4 Å². The van der Waals surface area contributed by atoms with Crippen LogP contribution in [0.4, 0.5) is 5.69 Å². The third-order valence-corrected chi connectivity index (χ3v) is 28.7. The number of nitrogens with one attached hydrogen (secondary N) is 4. The number of furan rings is 1. The zero-order valence-corrected chi connectivity index (χ0v) is 75.4. The van der Waals surface area contributed by atoms with E-state index in [1.807, 2.05) is 19.9 Å². The van der Waals surface area contributed by atoms with E-state index in [9.17, 15) is 72.2 Å². The van der Waals surface area contributed by atoms with Crippen molar-refractivity contribution in [3.63, 3.8) is 0 Å². The molecule has 1 aromatic heterocycles. The number of aliphatic hydroxyl groups is 1. The van der Waals surface area contributed by atoms with E-state index in [0.717, 1.165) is 15.4 Å². The van der Waals surface area contributed by atoms with Gasteiger partial charge in [0.1, 0.15) is 59.3 Å². The summed E-state index contributed by atoms with van der Waals surface area (Å²) in [5.74, 6) is -16.7. The Morgan fingerprint density at radius 1 is 0.672 bits per heavy atom. The molecule has 125 heavy (non-hydrogen) atoms. The Labute approximate surface area is 726 Å². The number of fused-ring (bicyclic) bond motifs is 7. The van der Waals surface area contributed by atoms with Crippen LogP contribution >= 0.6 is 0 Å². The van der Waals surface area contributed by atoms with Gasteiger partial charge in [-0.1, -0.05) is 94.2 Å². The van der Waals surface area contributed by atoms with E-state index in [1.54, 1.807) is 101 Å². The number of anilines is 1. The van der Waals surface area contributed by atoms with Gasteiger partial charge in [-0.3, -0.25) is 67.1 Å². The first kappa shape index (κ1) is 93.2. The van der Waals surface area contributed by atoms with Crippen molar-refractivity contribution in [2.24, 2.45) is 74.9 Å². The number of carbonyl (C=O) groups is 15. The molecule has 676 valence electrons. The summed E-state index contributed by atoms with van der Waals surface area (Å²) in [6.07, 6.45) is 6.52. The molecule has 0 bridgehead atoms. The number of nitrogen functional groups attached to an aromatic ring is 1. The molecule has 2 aromatic rings. The number of carbonyl (C=O) groups excluding carboxylic acids is 15. The van der Waals surface area contributed by atoms with Gasteiger partial charge in [0, 0.05) is 81.1 Å². The molecule has 33 nitrogen and oxygen atoms in total. The monoisotopic (exact) mass is 1730 g/mol. The van der Waals surface area contributed by atoms with E-state index in [4.69, 9.17) is 38.5 Å². The molecule has 11 aliphatic rings. The van der Waals surface area contributed by atoms with E-state index in [0.29, 0.717) is 62.5 Å². The second-order valence-electron chi connectivity index (χ2n) is 38.6. The lowest BCUT2D eigenvalue weighted by Gasteiger charge is -2.64. The molecule has 1 aromatic carbocycles. The van der Waals surface area contributed by atoms with Gasteiger partial charge in [-0.25, -0.2) is 14.6 Å². The van der Waals surface area contributed by atoms with Gasteiger partial charge in [0.05, 0.1) is 71.4 Å². The summed E-state index contributed by atoms with van der Waals surface area (Å²) in [5, 5.41) is 22.3. The summed E-state index contributed by atoms with van der Waals surface area (Å²) in [5.41, 5.74) is 0.609. The lowest BCUT2D eigenvalue weighted by Crippen LogP contribution is -2.70. The van der Waals surface area contributed by atoms with Crippen molar-refractivity contribution in [3.05, 3.63) is 92.3 Å². The van der Waals surface area contributed by atoms with Crippen molar-refractivity contribution in [1.29, 1.82) is 0 Å². The zero-order valence-electron chi connectivity index (χ0n) is 75.4. The van der Waals surface area contributed by atoms with Crippen LogP contribution in [0.15, 0.2) is 67.8 Å². The Hall–Kier alpha value is -11.0. The topological polar surface area (TPSA) is 460 Å². The highest BCUT2D eigenvalue weighted by Crippen LogP contribution is 2.81. The first-order chi connectivity index (χ1) is 58.4. The fourth-order valence-electron chi connectivity index (χ4n) is 22.4. The third kappa shape index (κ3) is 15.8. The number of aromatic nitrogens is 1. The Bertz CT molecular complexity index is 5220. The molecule has 13 rings (SSSR count). The van der Waals surface area contributed by atoms with E-state index >= 15 is 9.59 Å². The molecule has 0 radical (unpaired) electrons. The number of allylic oxidation sites excluding steroid dienone is 4. The highest BCUT2D eigenvalue weighted by Gasteiger charge is 2.89. The number of nitrogens with two attached hydrogens (primary N) is 1. The number of esters is 3. The lowest BCUT2D eigenvalue weighted by atomic mass is 9.38. The van der Waals surface area contributed by atoms with Crippen LogP contribution in [0.2, 0.25) is 0 Å². The molecule has 7 fully saturated rings. The van der Waals surface area contributed by atoms with Crippen molar-refractivity contribution in [3.8, 4) is 11.5 Å². The fourth-order valence-corrected chi connectivity index (χ4v) is 22.4. The van der Waals surface area contributed by atoms with Gasteiger partial charge in [0.15, 0.2) is 34.5 Å². The zero-order chi connectivity index (χ0) is 92.3. The second-order valence-corrected chi connectivity index (χ2v) is 38.6. The lowest BCUT2D eigenvalue weighted by molar-refractivity contribution is -0.200. The number of ether oxygens (including phenoxy) is 4. The predicted octanol–water partition coefficient (Wildman–Crippen LogP) is 7.15. The molecule has 5 heterocycles. The van der Waals surface area contributed by atoms with Crippen LogP contribution in [-0.2, 0) is 81.3 Å². The van der Waals surface area contributed by atoms with Gasteiger partial charge in [0.2, 0.25) is 46.7 Å². The van der Waals surface area contributed by atoms with Crippen LogP contribution in [0.1, 0.15) is 205 Å².